The second-order valence-electron chi connectivity index (χ2n) is 4.53. The molecule has 94 valence electrons. The van der Waals surface area contributed by atoms with Gasteiger partial charge >= 0.3 is 0 Å². The highest BCUT2D eigenvalue weighted by Crippen LogP contribution is 2.26. The van der Waals surface area contributed by atoms with Gasteiger partial charge < -0.3 is 5.11 Å². The van der Waals surface area contributed by atoms with Crippen LogP contribution in [-0.4, -0.2) is 5.11 Å². The SMILES string of the molecule is Cc1cc(C)cc(C(O)c2cc(F)cc(Br)c2)c1. The van der Waals surface area contributed by atoms with Gasteiger partial charge in [0.05, 0.1) is 0 Å². The molecule has 0 saturated heterocycles. The van der Waals surface area contributed by atoms with Gasteiger partial charge in [0.15, 0.2) is 0 Å². The third kappa shape index (κ3) is 2.98. The number of hydrogen-bond acceptors (Lipinski definition) is 1. The van der Waals surface area contributed by atoms with Crippen LogP contribution in [0.1, 0.15) is 28.4 Å². The first-order valence-electron chi connectivity index (χ1n) is 5.68. The van der Waals surface area contributed by atoms with Crippen LogP contribution in [0, 0.1) is 19.7 Å². The van der Waals surface area contributed by atoms with Gasteiger partial charge in [0.1, 0.15) is 11.9 Å². The molecule has 0 aliphatic carbocycles. The molecule has 0 fully saturated rings. The van der Waals surface area contributed by atoms with Crippen molar-refractivity contribution < 1.29 is 9.50 Å². The molecule has 1 N–H and O–H groups in total. The highest BCUT2D eigenvalue weighted by Gasteiger charge is 2.13. The van der Waals surface area contributed by atoms with Crippen LogP contribution in [0.5, 0.6) is 0 Å². The Morgan fingerprint density at radius 2 is 1.50 bits per heavy atom. The first-order chi connectivity index (χ1) is 8.45. The Hall–Kier alpha value is -1.19. The Morgan fingerprint density at radius 1 is 0.944 bits per heavy atom. The Balaban J connectivity index is 2.43. The quantitative estimate of drug-likeness (QED) is 0.877. The molecule has 3 heteroatoms. The maximum absolute atomic E-state index is 13.3. The van der Waals surface area contributed by atoms with Crippen molar-refractivity contribution in [2.45, 2.75) is 20.0 Å². The molecular weight excluding hydrogens is 295 g/mol. The number of halogens is 2. The van der Waals surface area contributed by atoms with Crippen molar-refractivity contribution in [3.05, 3.63) is 68.9 Å². The van der Waals surface area contributed by atoms with Crippen molar-refractivity contribution >= 4 is 15.9 Å². The van der Waals surface area contributed by atoms with Crippen molar-refractivity contribution in [2.24, 2.45) is 0 Å². The zero-order valence-corrected chi connectivity index (χ0v) is 11.8. The molecule has 0 amide bonds. The zero-order valence-electron chi connectivity index (χ0n) is 10.2. The fourth-order valence-corrected chi connectivity index (χ4v) is 2.58. The summed E-state index contributed by atoms with van der Waals surface area (Å²) in [6.07, 6.45) is -0.810. The van der Waals surface area contributed by atoms with E-state index in [0.29, 0.717) is 10.0 Å². The summed E-state index contributed by atoms with van der Waals surface area (Å²) in [6.45, 7) is 3.95. The average Bonchev–Trinajstić information content (AvgIpc) is 2.25. The molecule has 1 unspecified atom stereocenters. The van der Waals surface area contributed by atoms with E-state index in [-0.39, 0.29) is 5.82 Å². The normalized spacial score (nSPS) is 12.5. The van der Waals surface area contributed by atoms with Crippen LogP contribution in [0.25, 0.3) is 0 Å². The lowest BCUT2D eigenvalue weighted by Crippen LogP contribution is -2.01. The molecule has 1 atom stereocenters. The number of aryl methyl sites for hydroxylation is 2. The average molecular weight is 309 g/mol. The second-order valence-corrected chi connectivity index (χ2v) is 5.44. The molecule has 0 bridgehead atoms. The summed E-state index contributed by atoms with van der Waals surface area (Å²) >= 11 is 3.23. The summed E-state index contributed by atoms with van der Waals surface area (Å²) in [6, 6.07) is 10.3. The fraction of sp³-hybridized carbons (Fsp3) is 0.200. The number of rotatable bonds is 2. The largest absolute Gasteiger partial charge is 0.384 e. The Morgan fingerprint density at radius 3 is 2.06 bits per heavy atom. The van der Waals surface area contributed by atoms with Crippen LogP contribution >= 0.6 is 15.9 Å². The van der Waals surface area contributed by atoms with Crippen molar-refractivity contribution in [1.29, 1.82) is 0 Å². The smallest absolute Gasteiger partial charge is 0.124 e. The predicted octanol–water partition coefficient (Wildman–Crippen LogP) is 4.29. The number of aliphatic hydroxyl groups excluding tert-OH is 1. The van der Waals surface area contributed by atoms with E-state index in [4.69, 9.17) is 0 Å². The molecule has 0 spiro atoms. The molecule has 0 aliphatic rings. The second kappa shape index (κ2) is 5.21. The van der Waals surface area contributed by atoms with Crippen molar-refractivity contribution in [3.8, 4) is 0 Å². The van der Waals surface area contributed by atoms with E-state index in [1.807, 2.05) is 32.0 Å². The van der Waals surface area contributed by atoms with E-state index >= 15 is 0 Å². The monoisotopic (exact) mass is 308 g/mol. The summed E-state index contributed by atoms with van der Waals surface area (Å²) < 4.78 is 13.9. The lowest BCUT2D eigenvalue weighted by atomic mass is 9.98. The third-order valence-corrected chi connectivity index (χ3v) is 3.22. The highest BCUT2D eigenvalue weighted by atomic mass is 79.9. The van der Waals surface area contributed by atoms with E-state index in [9.17, 15) is 9.50 Å². The minimum absolute atomic E-state index is 0.359. The van der Waals surface area contributed by atoms with Crippen LogP contribution < -0.4 is 0 Å². The van der Waals surface area contributed by atoms with E-state index < -0.39 is 6.10 Å². The van der Waals surface area contributed by atoms with Crippen LogP contribution in [0.4, 0.5) is 4.39 Å². The number of benzene rings is 2. The molecular formula is C15H14BrFO. The predicted molar refractivity (Wildman–Crippen MR) is 74.1 cm³/mol. The zero-order chi connectivity index (χ0) is 13.3. The highest BCUT2D eigenvalue weighted by molar-refractivity contribution is 9.10. The molecule has 0 radical (unpaired) electrons. The van der Waals surface area contributed by atoms with Gasteiger partial charge in [-0.2, -0.15) is 0 Å². The lowest BCUT2D eigenvalue weighted by molar-refractivity contribution is 0.219. The Bertz CT molecular complexity index is 489. The van der Waals surface area contributed by atoms with Gasteiger partial charge in [-0.05, 0) is 43.2 Å². The minimum atomic E-state index is -0.810. The summed E-state index contributed by atoms with van der Waals surface area (Å²) in [7, 11) is 0. The van der Waals surface area contributed by atoms with Gasteiger partial charge in [0.2, 0.25) is 0 Å². The summed E-state index contributed by atoms with van der Waals surface area (Å²) in [4.78, 5) is 0. The van der Waals surface area contributed by atoms with E-state index in [0.717, 1.165) is 16.7 Å². The van der Waals surface area contributed by atoms with Crippen LogP contribution in [0.3, 0.4) is 0 Å². The topological polar surface area (TPSA) is 20.2 Å². The molecule has 1 nitrogen and oxygen atoms in total. The lowest BCUT2D eigenvalue weighted by Gasteiger charge is -2.14. The van der Waals surface area contributed by atoms with E-state index in [2.05, 4.69) is 15.9 Å². The molecule has 18 heavy (non-hydrogen) atoms. The van der Waals surface area contributed by atoms with Crippen LogP contribution in [-0.2, 0) is 0 Å². The maximum atomic E-state index is 13.3. The first kappa shape index (κ1) is 13.2. The van der Waals surface area contributed by atoms with Gasteiger partial charge in [-0.3, -0.25) is 0 Å². The molecule has 0 saturated carbocycles. The molecule has 2 rings (SSSR count). The van der Waals surface area contributed by atoms with Gasteiger partial charge in [-0.1, -0.05) is 45.3 Å². The minimum Gasteiger partial charge on any atom is -0.384 e. The van der Waals surface area contributed by atoms with E-state index in [1.54, 1.807) is 6.07 Å². The molecule has 0 heterocycles. The molecule has 2 aromatic carbocycles. The summed E-state index contributed by atoms with van der Waals surface area (Å²) in [5.74, 6) is -0.359. The molecule has 2 aromatic rings. The van der Waals surface area contributed by atoms with E-state index in [1.165, 1.54) is 12.1 Å². The van der Waals surface area contributed by atoms with Gasteiger partial charge in [0, 0.05) is 4.47 Å². The van der Waals surface area contributed by atoms with Crippen molar-refractivity contribution in [2.75, 3.05) is 0 Å². The van der Waals surface area contributed by atoms with Crippen molar-refractivity contribution in [3.63, 3.8) is 0 Å². The molecule has 0 aliphatic heterocycles. The summed E-state index contributed by atoms with van der Waals surface area (Å²) in [5.41, 5.74) is 3.50. The van der Waals surface area contributed by atoms with Gasteiger partial charge in [0.25, 0.3) is 0 Å². The van der Waals surface area contributed by atoms with Crippen molar-refractivity contribution in [1.82, 2.24) is 0 Å². The Kier molecular flexibility index (Phi) is 3.83. The molecule has 0 aromatic heterocycles. The number of hydrogen-bond donors (Lipinski definition) is 1. The number of aliphatic hydroxyl groups is 1. The standard InChI is InChI=1S/C15H14BrFO/c1-9-3-10(2)5-11(4-9)15(18)12-6-13(16)8-14(17)7-12/h3-8,15,18H,1-2H3. The van der Waals surface area contributed by atoms with Crippen LogP contribution in [0.15, 0.2) is 40.9 Å². The maximum Gasteiger partial charge on any atom is 0.124 e. The van der Waals surface area contributed by atoms with Crippen LogP contribution in [0.2, 0.25) is 0 Å². The third-order valence-electron chi connectivity index (χ3n) is 2.76. The first-order valence-corrected chi connectivity index (χ1v) is 6.47. The van der Waals surface area contributed by atoms with Gasteiger partial charge in [-0.15, -0.1) is 0 Å². The fourth-order valence-electron chi connectivity index (χ4n) is 2.09. The summed E-state index contributed by atoms with van der Waals surface area (Å²) in [5, 5.41) is 10.3. The van der Waals surface area contributed by atoms with Gasteiger partial charge in [-0.25, -0.2) is 4.39 Å². The Labute approximate surface area is 114 Å².